The number of rotatable bonds is 5. The van der Waals surface area contributed by atoms with Gasteiger partial charge in [-0.3, -0.25) is 0 Å². The molecule has 2 saturated heterocycles. The van der Waals surface area contributed by atoms with E-state index in [1.54, 1.807) is 0 Å². The molecule has 0 aliphatic carbocycles. The fourth-order valence-electron chi connectivity index (χ4n) is 2.59. The zero-order chi connectivity index (χ0) is 19.5. The Morgan fingerprint density at radius 2 is 1.38 bits per heavy atom. The molecule has 2 aliphatic rings. The predicted octanol–water partition coefficient (Wildman–Crippen LogP) is -1.18. The summed E-state index contributed by atoms with van der Waals surface area (Å²) in [7, 11) is -6.53. The Kier molecular flexibility index (Phi) is 6.86. The van der Waals surface area contributed by atoms with Crippen molar-refractivity contribution in [1.29, 1.82) is 0 Å². The third kappa shape index (κ3) is 6.32. The summed E-state index contributed by atoms with van der Waals surface area (Å²) in [5.74, 6) is -0.876. The lowest BCUT2D eigenvalue weighted by Crippen LogP contribution is -2.47. The molecule has 10 nitrogen and oxygen atoms in total. The number of nitrogens with one attached hydrogen (secondary N) is 3. The molecule has 0 saturated carbocycles. The summed E-state index contributed by atoms with van der Waals surface area (Å²) in [4.78, 5) is 23.3. The van der Waals surface area contributed by atoms with Crippen LogP contribution in [-0.2, 0) is 24.4 Å². The molecule has 0 aromatic heterocycles. The molecule has 0 spiro atoms. The number of ether oxygens (including phenoxy) is 1. The lowest BCUT2D eigenvalue weighted by molar-refractivity contribution is 0.143. The Morgan fingerprint density at radius 1 is 0.885 bits per heavy atom. The largest absolute Gasteiger partial charge is 0.448 e. The first kappa shape index (κ1) is 21.3. The van der Waals surface area contributed by atoms with Crippen molar-refractivity contribution in [3.8, 4) is 0 Å². The standard InChI is InChI=1S/C12H19Cl2N3O7S2/c13-7-3-25(20,21)5-9(7)16-11(18)15-1-2-24-12(19)17-10-6-26(22,23)4-8(10)14/h7-10H,1-6H2,(H,17,19)(H2,15,16,18). The highest BCUT2D eigenvalue weighted by atomic mass is 35.5. The van der Waals surface area contributed by atoms with Crippen molar-refractivity contribution in [2.45, 2.75) is 22.8 Å². The number of hydrogen-bond donors (Lipinski definition) is 3. The number of carbonyl (C=O) groups excluding carboxylic acids is 2. The van der Waals surface area contributed by atoms with Crippen LogP contribution in [0.25, 0.3) is 0 Å². The normalized spacial score (nSPS) is 31.9. The average molecular weight is 452 g/mol. The molecule has 3 amide bonds. The van der Waals surface area contributed by atoms with E-state index in [4.69, 9.17) is 27.9 Å². The van der Waals surface area contributed by atoms with E-state index in [9.17, 15) is 26.4 Å². The van der Waals surface area contributed by atoms with Gasteiger partial charge in [-0.05, 0) is 0 Å². The molecule has 2 aliphatic heterocycles. The lowest BCUT2D eigenvalue weighted by Gasteiger charge is -2.16. The van der Waals surface area contributed by atoms with E-state index in [0.29, 0.717) is 0 Å². The van der Waals surface area contributed by atoms with Crippen molar-refractivity contribution in [2.24, 2.45) is 0 Å². The fourth-order valence-corrected chi connectivity index (χ4v) is 7.69. The van der Waals surface area contributed by atoms with E-state index < -0.39 is 54.6 Å². The van der Waals surface area contributed by atoms with Crippen molar-refractivity contribution in [2.75, 3.05) is 36.2 Å². The Bertz CT molecular complexity index is 695. The fraction of sp³-hybridized carbons (Fsp3) is 0.833. The van der Waals surface area contributed by atoms with Gasteiger partial charge < -0.3 is 20.7 Å². The van der Waals surface area contributed by atoms with Gasteiger partial charge in [-0.2, -0.15) is 0 Å². The second kappa shape index (κ2) is 8.36. The SMILES string of the molecule is O=C(NCCOC(=O)NC1CS(=O)(=O)CC1Cl)NC1CS(=O)(=O)CC1Cl. The van der Waals surface area contributed by atoms with Crippen molar-refractivity contribution >= 4 is 55.0 Å². The maximum atomic E-state index is 11.7. The Hall–Kier alpha value is -0.980. The van der Waals surface area contributed by atoms with Crippen LogP contribution in [0, 0.1) is 0 Å². The Labute approximate surface area is 161 Å². The third-order valence-electron chi connectivity index (χ3n) is 3.81. The van der Waals surface area contributed by atoms with Gasteiger partial charge in [-0.25, -0.2) is 26.4 Å². The molecular formula is C12H19Cl2N3O7S2. The first-order valence-corrected chi connectivity index (χ1v) is 12.2. The number of alkyl carbamates (subject to hydrolysis) is 1. The van der Waals surface area contributed by atoms with E-state index in [1.807, 2.05) is 0 Å². The van der Waals surface area contributed by atoms with Gasteiger partial charge in [0.2, 0.25) is 0 Å². The molecule has 26 heavy (non-hydrogen) atoms. The number of sulfone groups is 2. The highest BCUT2D eigenvalue weighted by Gasteiger charge is 2.38. The second-order valence-electron chi connectivity index (χ2n) is 6.08. The molecular weight excluding hydrogens is 433 g/mol. The topological polar surface area (TPSA) is 148 Å². The molecule has 4 unspecified atom stereocenters. The summed E-state index contributed by atoms with van der Waals surface area (Å²) in [5.41, 5.74) is 0. The summed E-state index contributed by atoms with van der Waals surface area (Å²) < 4.78 is 50.4. The van der Waals surface area contributed by atoms with Crippen LogP contribution >= 0.6 is 23.2 Å². The minimum atomic E-state index is -3.27. The minimum Gasteiger partial charge on any atom is -0.448 e. The van der Waals surface area contributed by atoms with E-state index >= 15 is 0 Å². The lowest BCUT2D eigenvalue weighted by atomic mass is 10.2. The smallest absolute Gasteiger partial charge is 0.407 e. The van der Waals surface area contributed by atoms with E-state index in [2.05, 4.69) is 16.0 Å². The molecule has 0 aromatic carbocycles. The molecule has 0 bridgehead atoms. The van der Waals surface area contributed by atoms with Gasteiger partial charge >= 0.3 is 12.1 Å². The highest BCUT2D eigenvalue weighted by Crippen LogP contribution is 2.18. The molecule has 0 radical (unpaired) electrons. The van der Waals surface area contributed by atoms with Crippen molar-refractivity contribution in [1.82, 2.24) is 16.0 Å². The van der Waals surface area contributed by atoms with Gasteiger partial charge in [0.05, 0.1) is 52.4 Å². The number of alkyl halides is 2. The van der Waals surface area contributed by atoms with Gasteiger partial charge in [0.1, 0.15) is 6.61 Å². The quantitative estimate of drug-likeness (QED) is 0.351. The van der Waals surface area contributed by atoms with Crippen LogP contribution in [0.1, 0.15) is 0 Å². The van der Waals surface area contributed by atoms with Crippen LogP contribution in [0.3, 0.4) is 0 Å². The molecule has 3 N–H and O–H groups in total. The number of amides is 3. The van der Waals surface area contributed by atoms with Gasteiger partial charge in [-0.1, -0.05) is 0 Å². The monoisotopic (exact) mass is 451 g/mol. The molecule has 0 aromatic rings. The number of carbonyl (C=O) groups is 2. The minimum absolute atomic E-state index is 0.0288. The van der Waals surface area contributed by atoms with Crippen molar-refractivity contribution < 1.29 is 31.2 Å². The zero-order valence-corrected chi connectivity index (χ0v) is 16.6. The molecule has 2 rings (SSSR count). The van der Waals surface area contributed by atoms with E-state index in [0.717, 1.165) is 0 Å². The average Bonchev–Trinajstić information content (AvgIpc) is 2.88. The van der Waals surface area contributed by atoms with Crippen LogP contribution in [-0.4, -0.2) is 88.0 Å². The zero-order valence-electron chi connectivity index (χ0n) is 13.5. The molecule has 4 atom stereocenters. The Balaban J connectivity index is 1.63. The van der Waals surface area contributed by atoms with Crippen LogP contribution < -0.4 is 16.0 Å². The highest BCUT2D eigenvalue weighted by molar-refractivity contribution is 7.92. The van der Waals surface area contributed by atoms with Crippen LogP contribution in [0.4, 0.5) is 9.59 Å². The van der Waals surface area contributed by atoms with Gasteiger partial charge in [0.25, 0.3) is 0 Å². The maximum Gasteiger partial charge on any atom is 0.407 e. The van der Waals surface area contributed by atoms with Crippen LogP contribution in [0.2, 0.25) is 0 Å². The summed E-state index contributed by atoms with van der Waals surface area (Å²) in [5, 5.41) is 5.79. The van der Waals surface area contributed by atoms with Crippen LogP contribution in [0.5, 0.6) is 0 Å². The van der Waals surface area contributed by atoms with Crippen molar-refractivity contribution in [3.05, 3.63) is 0 Å². The predicted molar refractivity (Wildman–Crippen MR) is 95.2 cm³/mol. The second-order valence-corrected chi connectivity index (χ2v) is 11.5. The number of hydrogen-bond acceptors (Lipinski definition) is 7. The third-order valence-corrected chi connectivity index (χ3v) is 8.56. The first-order chi connectivity index (χ1) is 12.0. The summed E-state index contributed by atoms with van der Waals surface area (Å²) in [6.45, 7) is -0.197. The molecule has 2 heterocycles. The molecule has 150 valence electrons. The van der Waals surface area contributed by atoms with E-state index in [-0.39, 0.29) is 36.2 Å². The van der Waals surface area contributed by atoms with Crippen LogP contribution in [0.15, 0.2) is 0 Å². The number of urea groups is 1. The van der Waals surface area contributed by atoms with Gasteiger partial charge in [0.15, 0.2) is 19.7 Å². The summed E-state index contributed by atoms with van der Waals surface area (Å²) in [6.07, 6.45) is -0.845. The van der Waals surface area contributed by atoms with Crippen molar-refractivity contribution in [3.63, 3.8) is 0 Å². The molecule has 14 heteroatoms. The molecule has 2 fully saturated rings. The maximum absolute atomic E-state index is 11.7. The summed E-state index contributed by atoms with van der Waals surface area (Å²) >= 11 is 11.7. The first-order valence-electron chi connectivity index (χ1n) is 7.64. The summed E-state index contributed by atoms with van der Waals surface area (Å²) in [6, 6.07) is -2.05. The van der Waals surface area contributed by atoms with Gasteiger partial charge in [0, 0.05) is 0 Å². The number of halogens is 2. The van der Waals surface area contributed by atoms with Gasteiger partial charge in [-0.15, -0.1) is 23.2 Å². The van der Waals surface area contributed by atoms with E-state index in [1.165, 1.54) is 0 Å². The Morgan fingerprint density at radius 3 is 1.85 bits per heavy atom.